The minimum absolute atomic E-state index is 0.0212. The molecule has 1 atom stereocenters. The number of alkyl halides is 4. The molecule has 194 valence electrons. The number of halogens is 6. The van der Waals surface area contributed by atoms with Gasteiger partial charge >= 0.3 is 6.18 Å². The first-order chi connectivity index (χ1) is 16.0. The summed E-state index contributed by atoms with van der Waals surface area (Å²) in [6.07, 6.45) is -5.25. The van der Waals surface area contributed by atoms with Gasteiger partial charge < -0.3 is 15.3 Å². The van der Waals surface area contributed by atoms with Gasteiger partial charge in [0.05, 0.1) is 20.5 Å². The predicted octanol–water partition coefficient (Wildman–Crippen LogP) is 5.85. The second-order valence-electron chi connectivity index (χ2n) is 8.46. The van der Waals surface area contributed by atoms with E-state index in [9.17, 15) is 32.3 Å². The molecule has 0 spiro atoms. The van der Waals surface area contributed by atoms with Crippen molar-refractivity contribution in [3.05, 3.63) is 38.4 Å². The lowest BCUT2D eigenvalue weighted by Gasteiger charge is -2.25. The molecule has 1 heterocycles. The van der Waals surface area contributed by atoms with E-state index in [1.165, 1.54) is 18.7 Å². The Morgan fingerprint density at radius 3 is 2.14 bits per heavy atom. The van der Waals surface area contributed by atoms with Crippen LogP contribution in [0.5, 0.6) is 0 Å². The summed E-state index contributed by atoms with van der Waals surface area (Å²) in [4.78, 5) is 31.4. The molecule has 0 aliphatic rings. The van der Waals surface area contributed by atoms with Crippen LogP contribution in [0, 0.1) is 0 Å². The molecule has 0 saturated heterocycles. The van der Waals surface area contributed by atoms with Crippen LogP contribution in [0.3, 0.4) is 0 Å². The highest BCUT2D eigenvalue weighted by Gasteiger charge is 2.54. The Bertz CT molecular complexity index is 1110. The Hall–Kier alpha value is -1.95. The third kappa shape index (κ3) is 6.25. The van der Waals surface area contributed by atoms with Gasteiger partial charge in [0.2, 0.25) is 5.67 Å². The first-order valence-electron chi connectivity index (χ1n) is 10.5. The number of nitrogens with zero attached hydrogens (tertiary/aromatic N) is 2. The average Bonchev–Trinajstić information content (AvgIpc) is 3.18. The number of rotatable bonds is 8. The largest absolute Gasteiger partial charge is 0.426 e. The molecule has 2 aromatic rings. The van der Waals surface area contributed by atoms with Crippen LogP contribution in [0.2, 0.25) is 10.0 Å². The lowest BCUT2D eigenvalue weighted by atomic mass is 9.95. The number of aromatic nitrogens is 1. The smallest absolute Gasteiger partial charge is 0.389 e. The van der Waals surface area contributed by atoms with Gasteiger partial charge in [0.15, 0.2) is 5.01 Å². The number of aliphatic hydroxyl groups is 1. The zero-order chi connectivity index (χ0) is 26.9. The summed E-state index contributed by atoms with van der Waals surface area (Å²) in [5.74, 6) is -1.21. The van der Waals surface area contributed by atoms with Gasteiger partial charge in [0.1, 0.15) is 5.69 Å². The van der Waals surface area contributed by atoms with Crippen molar-refractivity contribution in [3.63, 3.8) is 0 Å². The molecule has 0 fully saturated rings. The van der Waals surface area contributed by atoms with Crippen molar-refractivity contribution in [2.24, 2.45) is 0 Å². The van der Waals surface area contributed by atoms with Crippen LogP contribution in [0.4, 0.5) is 17.6 Å². The van der Waals surface area contributed by atoms with Crippen LogP contribution in [0.15, 0.2) is 12.1 Å². The van der Waals surface area contributed by atoms with Crippen LogP contribution in [0.25, 0.3) is 10.4 Å². The third-order valence-electron chi connectivity index (χ3n) is 5.12. The standard InChI is InChI=1S/C22H25Cl2F4N3O3S/c1-6-31(7-2)19(33)15-16(35-18(30-15)17(32)29-10-20(3,4)34)11-8-9-12(14(24)13(11)23)21(5,25)22(26,27)28/h8-9,34H,6-7,10H2,1-5H3,(H,29,32). The highest BCUT2D eigenvalue weighted by molar-refractivity contribution is 7.17. The fourth-order valence-corrected chi connectivity index (χ4v) is 4.68. The molecule has 0 bridgehead atoms. The number of benzene rings is 1. The van der Waals surface area contributed by atoms with Gasteiger partial charge in [-0.2, -0.15) is 13.2 Å². The quantitative estimate of drug-likeness (QED) is 0.399. The molecular weight excluding hydrogens is 533 g/mol. The summed E-state index contributed by atoms with van der Waals surface area (Å²) in [6.45, 7) is 7.32. The molecule has 6 nitrogen and oxygen atoms in total. The summed E-state index contributed by atoms with van der Waals surface area (Å²) in [6, 6.07) is 1.95. The molecule has 0 aliphatic heterocycles. The molecule has 1 aromatic heterocycles. The highest BCUT2D eigenvalue weighted by atomic mass is 35.5. The number of carbonyl (C=O) groups excluding carboxylic acids is 2. The van der Waals surface area contributed by atoms with Gasteiger partial charge in [-0.1, -0.05) is 35.3 Å². The maximum Gasteiger partial charge on any atom is 0.426 e. The molecule has 1 aromatic carbocycles. The Labute approximate surface area is 214 Å². The van der Waals surface area contributed by atoms with Crippen molar-refractivity contribution in [3.8, 4) is 10.4 Å². The van der Waals surface area contributed by atoms with E-state index in [-0.39, 0.29) is 27.7 Å². The number of amides is 2. The number of carbonyl (C=O) groups is 2. The minimum atomic E-state index is -5.25. The number of thiazole rings is 1. The summed E-state index contributed by atoms with van der Waals surface area (Å²) < 4.78 is 54.3. The average molecular weight is 558 g/mol. The van der Waals surface area contributed by atoms with Crippen LogP contribution < -0.4 is 5.32 Å². The number of nitrogens with one attached hydrogen (secondary N) is 1. The third-order valence-corrected chi connectivity index (χ3v) is 7.09. The second-order valence-corrected chi connectivity index (χ2v) is 10.2. The van der Waals surface area contributed by atoms with Crippen molar-refractivity contribution < 1.29 is 32.3 Å². The molecule has 1 unspecified atom stereocenters. The van der Waals surface area contributed by atoms with E-state index in [0.717, 1.165) is 23.5 Å². The minimum Gasteiger partial charge on any atom is -0.389 e. The van der Waals surface area contributed by atoms with Crippen molar-refractivity contribution >= 4 is 46.4 Å². The van der Waals surface area contributed by atoms with Crippen LogP contribution in [-0.2, 0) is 5.67 Å². The van der Waals surface area contributed by atoms with Gasteiger partial charge in [0.25, 0.3) is 11.8 Å². The molecule has 0 saturated carbocycles. The number of hydrogen-bond donors (Lipinski definition) is 2. The van der Waals surface area contributed by atoms with E-state index < -0.39 is 44.9 Å². The Morgan fingerprint density at radius 2 is 1.66 bits per heavy atom. The van der Waals surface area contributed by atoms with E-state index in [2.05, 4.69) is 10.3 Å². The highest BCUT2D eigenvalue weighted by Crippen LogP contribution is 2.49. The van der Waals surface area contributed by atoms with Gasteiger partial charge in [0, 0.05) is 30.8 Å². The van der Waals surface area contributed by atoms with E-state index >= 15 is 0 Å². The van der Waals surface area contributed by atoms with E-state index in [1.807, 2.05) is 0 Å². The summed E-state index contributed by atoms with van der Waals surface area (Å²) in [5.41, 5.74) is -6.00. The van der Waals surface area contributed by atoms with Gasteiger partial charge in [-0.05, 0) is 34.6 Å². The summed E-state index contributed by atoms with van der Waals surface area (Å²) in [7, 11) is 0. The van der Waals surface area contributed by atoms with Gasteiger partial charge in [-0.3, -0.25) is 9.59 Å². The predicted molar refractivity (Wildman–Crippen MR) is 128 cm³/mol. The monoisotopic (exact) mass is 557 g/mol. The van der Waals surface area contributed by atoms with E-state index in [1.54, 1.807) is 13.8 Å². The molecule has 2 N–H and O–H groups in total. The van der Waals surface area contributed by atoms with Crippen molar-refractivity contribution in [1.29, 1.82) is 0 Å². The molecule has 35 heavy (non-hydrogen) atoms. The maximum absolute atomic E-state index is 14.6. The molecule has 2 amide bonds. The zero-order valence-corrected chi connectivity index (χ0v) is 21.9. The van der Waals surface area contributed by atoms with Crippen LogP contribution >= 0.6 is 34.5 Å². The first kappa shape index (κ1) is 29.3. The van der Waals surface area contributed by atoms with E-state index in [0.29, 0.717) is 20.0 Å². The fraction of sp³-hybridized carbons (Fsp3) is 0.500. The Kier molecular flexibility index (Phi) is 8.85. The zero-order valence-electron chi connectivity index (χ0n) is 19.6. The first-order valence-corrected chi connectivity index (χ1v) is 12.1. The van der Waals surface area contributed by atoms with Crippen molar-refractivity contribution in [1.82, 2.24) is 15.2 Å². The van der Waals surface area contributed by atoms with Crippen LogP contribution in [-0.4, -0.2) is 58.2 Å². The maximum atomic E-state index is 14.6. The fourth-order valence-electron chi connectivity index (χ4n) is 3.02. The van der Waals surface area contributed by atoms with Gasteiger partial charge in [-0.25, -0.2) is 9.37 Å². The van der Waals surface area contributed by atoms with Crippen LogP contribution in [0.1, 0.15) is 60.5 Å². The summed E-state index contributed by atoms with van der Waals surface area (Å²) in [5, 5.41) is 11.1. The molecule has 0 radical (unpaired) electrons. The van der Waals surface area contributed by atoms with Crippen molar-refractivity contribution in [2.45, 2.75) is 52.1 Å². The normalized spacial score (nSPS) is 13.9. The Morgan fingerprint density at radius 1 is 1.09 bits per heavy atom. The SMILES string of the molecule is CCN(CC)C(=O)c1nc(C(=O)NCC(C)(C)O)sc1-c1ccc(C(C)(F)C(F)(F)F)c(Cl)c1Cl. The summed E-state index contributed by atoms with van der Waals surface area (Å²) >= 11 is 13.1. The van der Waals surface area contributed by atoms with Crippen molar-refractivity contribution in [2.75, 3.05) is 19.6 Å². The molecule has 2 rings (SSSR count). The molecule has 0 aliphatic carbocycles. The number of hydrogen-bond acceptors (Lipinski definition) is 5. The second kappa shape index (κ2) is 10.6. The lowest BCUT2D eigenvalue weighted by molar-refractivity contribution is -0.228. The molecular formula is C22H25Cl2F4N3O3S. The Balaban J connectivity index is 2.67. The van der Waals surface area contributed by atoms with Gasteiger partial charge in [-0.15, -0.1) is 11.3 Å². The lowest BCUT2D eigenvalue weighted by Crippen LogP contribution is -2.38. The molecule has 13 heteroatoms. The van der Waals surface area contributed by atoms with E-state index in [4.69, 9.17) is 23.2 Å². The topological polar surface area (TPSA) is 82.5 Å².